The number of hydrogen-bond acceptors (Lipinski definition) is 3. The quantitative estimate of drug-likeness (QED) is 0.838. The van der Waals surface area contributed by atoms with E-state index in [1.165, 1.54) is 5.57 Å². The fourth-order valence-corrected chi connectivity index (χ4v) is 4.12. The van der Waals surface area contributed by atoms with Crippen LogP contribution < -0.4 is 4.74 Å². The van der Waals surface area contributed by atoms with Gasteiger partial charge >= 0.3 is 0 Å². The number of benzene rings is 1. The molecule has 0 amide bonds. The summed E-state index contributed by atoms with van der Waals surface area (Å²) in [6.07, 6.45) is 2.46. The summed E-state index contributed by atoms with van der Waals surface area (Å²) in [5.41, 5.74) is 2.50. The Hall–Kier alpha value is -1.48. The number of fused-ring (bicyclic) bond motifs is 2. The van der Waals surface area contributed by atoms with Crippen LogP contribution in [-0.4, -0.2) is 18.8 Å². The third-order valence-corrected chi connectivity index (χ3v) is 5.30. The van der Waals surface area contributed by atoms with E-state index in [-0.39, 0.29) is 11.9 Å². The molecule has 21 heavy (non-hydrogen) atoms. The first-order valence-corrected chi connectivity index (χ1v) is 7.69. The zero-order chi connectivity index (χ0) is 15.1. The third kappa shape index (κ3) is 2.34. The van der Waals surface area contributed by atoms with E-state index < -0.39 is 0 Å². The highest BCUT2D eigenvalue weighted by atomic mass is 16.5. The number of methoxy groups -OCH3 is 1. The molecule has 5 atom stereocenters. The summed E-state index contributed by atoms with van der Waals surface area (Å²) in [5.74, 6) is 2.91. The van der Waals surface area contributed by atoms with Crippen molar-refractivity contribution in [3.8, 4) is 11.5 Å². The van der Waals surface area contributed by atoms with Gasteiger partial charge in [0.1, 0.15) is 0 Å². The lowest BCUT2D eigenvalue weighted by Gasteiger charge is -2.47. The molecule has 1 aromatic carbocycles. The summed E-state index contributed by atoms with van der Waals surface area (Å²) in [7, 11) is 1.58. The summed E-state index contributed by atoms with van der Waals surface area (Å²) in [6.45, 7) is 7.65. The van der Waals surface area contributed by atoms with Crippen LogP contribution in [0.5, 0.6) is 11.5 Å². The molecule has 0 radical (unpaired) electrons. The van der Waals surface area contributed by atoms with Gasteiger partial charge < -0.3 is 14.6 Å². The van der Waals surface area contributed by atoms with Crippen LogP contribution in [0.2, 0.25) is 0 Å². The lowest BCUT2D eigenvalue weighted by atomic mass is 9.64. The van der Waals surface area contributed by atoms with Crippen molar-refractivity contribution in [3.05, 3.63) is 35.4 Å². The number of aromatic hydroxyl groups is 1. The molecular formula is C18H24O3. The molecular weight excluding hydrogens is 264 g/mol. The van der Waals surface area contributed by atoms with Crippen LogP contribution in [0.1, 0.15) is 32.4 Å². The van der Waals surface area contributed by atoms with Crippen molar-refractivity contribution >= 4 is 0 Å². The largest absolute Gasteiger partial charge is 0.504 e. The van der Waals surface area contributed by atoms with E-state index in [4.69, 9.17) is 9.47 Å². The van der Waals surface area contributed by atoms with E-state index in [2.05, 4.69) is 26.8 Å². The van der Waals surface area contributed by atoms with Crippen molar-refractivity contribution in [2.45, 2.75) is 26.9 Å². The first-order chi connectivity index (χ1) is 10.0. The van der Waals surface area contributed by atoms with E-state index in [9.17, 15) is 5.11 Å². The van der Waals surface area contributed by atoms with E-state index in [1.54, 1.807) is 13.2 Å². The highest BCUT2D eigenvalue weighted by molar-refractivity contribution is 5.43. The highest BCUT2D eigenvalue weighted by Crippen LogP contribution is 2.50. The van der Waals surface area contributed by atoms with Crippen molar-refractivity contribution in [2.24, 2.45) is 23.7 Å². The Morgan fingerprint density at radius 3 is 2.76 bits per heavy atom. The van der Waals surface area contributed by atoms with Gasteiger partial charge in [0.25, 0.3) is 0 Å². The van der Waals surface area contributed by atoms with E-state index in [0.717, 1.165) is 12.2 Å². The predicted molar refractivity (Wildman–Crippen MR) is 82.4 cm³/mol. The molecule has 0 spiro atoms. The summed E-state index contributed by atoms with van der Waals surface area (Å²) < 4.78 is 11.4. The second kappa shape index (κ2) is 5.38. The smallest absolute Gasteiger partial charge is 0.160 e. The van der Waals surface area contributed by atoms with Crippen LogP contribution in [0.3, 0.4) is 0 Å². The zero-order valence-corrected chi connectivity index (χ0v) is 13.2. The van der Waals surface area contributed by atoms with Crippen molar-refractivity contribution < 1.29 is 14.6 Å². The van der Waals surface area contributed by atoms with Crippen molar-refractivity contribution in [1.29, 1.82) is 0 Å². The Labute approximate surface area is 126 Å². The molecule has 0 saturated carbocycles. The summed E-state index contributed by atoms with van der Waals surface area (Å²) in [4.78, 5) is 0. The zero-order valence-electron chi connectivity index (χ0n) is 13.2. The average Bonchev–Trinajstić information content (AvgIpc) is 2.45. The monoisotopic (exact) mass is 288 g/mol. The number of hydrogen-bond donors (Lipinski definition) is 1. The predicted octanol–water partition coefficient (Wildman–Crippen LogP) is 3.94. The molecule has 1 N–H and O–H groups in total. The van der Waals surface area contributed by atoms with Gasteiger partial charge in [-0.05, 0) is 42.4 Å². The maximum absolute atomic E-state index is 9.77. The molecule has 1 aliphatic carbocycles. The van der Waals surface area contributed by atoms with Gasteiger partial charge in [-0.15, -0.1) is 0 Å². The standard InChI is InChI=1S/C18H24O3/c1-10-7-11(2)17-12(3)14(10)9-21-18(17)13-5-6-15(19)16(8-13)20-4/h5-8,10,12,14,17-19H,9H2,1-4H3/t10-,12+,14-,17-,18-/m0/s1. The summed E-state index contributed by atoms with van der Waals surface area (Å²) >= 11 is 0. The third-order valence-electron chi connectivity index (χ3n) is 5.30. The van der Waals surface area contributed by atoms with Gasteiger partial charge in [0.2, 0.25) is 0 Å². The van der Waals surface area contributed by atoms with Crippen LogP contribution in [0.25, 0.3) is 0 Å². The van der Waals surface area contributed by atoms with Crippen LogP contribution in [0.4, 0.5) is 0 Å². The normalized spacial score (nSPS) is 35.2. The average molecular weight is 288 g/mol. The molecule has 3 heteroatoms. The minimum Gasteiger partial charge on any atom is -0.504 e. The Morgan fingerprint density at radius 2 is 2.05 bits per heavy atom. The fraction of sp³-hybridized carbons (Fsp3) is 0.556. The number of phenolic OH excluding ortho intramolecular Hbond substituents is 1. The molecule has 1 heterocycles. The van der Waals surface area contributed by atoms with Gasteiger partial charge in [-0.3, -0.25) is 0 Å². The van der Waals surface area contributed by atoms with Gasteiger partial charge in [0, 0.05) is 5.92 Å². The van der Waals surface area contributed by atoms with E-state index in [0.29, 0.717) is 29.4 Å². The van der Waals surface area contributed by atoms with Gasteiger partial charge in [0.15, 0.2) is 11.5 Å². The summed E-state index contributed by atoms with van der Waals surface area (Å²) in [6, 6.07) is 5.54. The van der Waals surface area contributed by atoms with Gasteiger partial charge in [-0.2, -0.15) is 0 Å². The lowest BCUT2D eigenvalue weighted by molar-refractivity contribution is -0.0935. The highest BCUT2D eigenvalue weighted by Gasteiger charge is 2.43. The Balaban J connectivity index is 1.98. The molecule has 2 aliphatic rings. The maximum atomic E-state index is 9.77. The second-order valence-electron chi connectivity index (χ2n) is 6.50. The van der Waals surface area contributed by atoms with Crippen molar-refractivity contribution in [1.82, 2.24) is 0 Å². The van der Waals surface area contributed by atoms with Crippen molar-refractivity contribution in [2.75, 3.05) is 13.7 Å². The molecule has 1 aliphatic heterocycles. The number of allylic oxidation sites excluding steroid dienone is 1. The number of ether oxygens (including phenoxy) is 2. The van der Waals surface area contributed by atoms with E-state index >= 15 is 0 Å². The molecule has 114 valence electrons. The molecule has 0 aromatic heterocycles. The maximum Gasteiger partial charge on any atom is 0.160 e. The van der Waals surface area contributed by atoms with Crippen LogP contribution in [0, 0.1) is 23.7 Å². The topological polar surface area (TPSA) is 38.7 Å². The van der Waals surface area contributed by atoms with Crippen LogP contribution >= 0.6 is 0 Å². The molecule has 3 rings (SSSR count). The first kappa shape index (κ1) is 14.5. The minimum absolute atomic E-state index is 0.0505. The molecule has 2 bridgehead atoms. The summed E-state index contributed by atoms with van der Waals surface area (Å²) in [5, 5.41) is 9.77. The van der Waals surface area contributed by atoms with Gasteiger partial charge in [-0.1, -0.05) is 31.6 Å². The molecule has 3 nitrogen and oxygen atoms in total. The van der Waals surface area contributed by atoms with Crippen molar-refractivity contribution in [3.63, 3.8) is 0 Å². The SMILES string of the molecule is COc1cc([C@@H]2OC[C@@H]3[C@@H](C)[C@@H]2C(C)=C[C@@H]3C)ccc1O. The van der Waals surface area contributed by atoms with E-state index in [1.807, 2.05) is 12.1 Å². The number of phenols is 1. The molecule has 1 aromatic rings. The first-order valence-electron chi connectivity index (χ1n) is 7.69. The number of rotatable bonds is 2. The van der Waals surface area contributed by atoms with Crippen LogP contribution in [0.15, 0.2) is 29.8 Å². The Kier molecular flexibility index (Phi) is 3.70. The Morgan fingerprint density at radius 1 is 1.29 bits per heavy atom. The minimum atomic E-state index is 0.0505. The molecule has 0 unspecified atom stereocenters. The molecule has 1 fully saturated rings. The molecule has 1 saturated heterocycles. The fourth-order valence-electron chi connectivity index (χ4n) is 4.12. The lowest BCUT2D eigenvalue weighted by Crippen LogP contribution is -2.42. The van der Waals surface area contributed by atoms with Gasteiger partial charge in [-0.25, -0.2) is 0 Å². The Bertz CT molecular complexity index is 564. The van der Waals surface area contributed by atoms with Crippen LogP contribution in [-0.2, 0) is 4.74 Å². The second-order valence-corrected chi connectivity index (χ2v) is 6.50. The van der Waals surface area contributed by atoms with Gasteiger partial charge in [0.05, 0.1) is 19.8 Å².